The standard InChI is InChI=1S/C13H9NO.C5H5N/c15-12-8-7-10-6-5-9-3-1-2-4-11(9)13(10)14-12;1-2-4-6-5-3-1/h1-8H,(H,14,15);1-5H. The zero-order chi connectivity index (χ0) is 14.5. The number of fused-ring (bicyclic) bond motifs is 3. The van der Waals surface area contributed by atoms with Crippen LogP contribution in [0.5, 0.6) is 0 Å². The first-order valence-corrected chi connectivity index (χ1v) is 6.70. The van der Waals surface area contributed by atoms with Crippen molar-refractivity contribution in [3.63, 3.8) is 0 Å². The van der Waals surface area contributed by atoms with E-state index in [0.29, 0.717) is 0 Å². The molecule has 0 spiro atoms. The van der Waals surface area contributed by atoms with Crippen LogP contribution in [0.3, 0.4) is 0 Å². The molecule has 0 saturated carbocycles. The maximum absolute atomic E-state index is 11.3. The molecular weight excluding hydrogens is 260 g/mol. The Kier molecular flexibility index (Phi) is 3.74. The Bertz CT molecular complexity index is 887. The number of pyridine rings is 2. The lowest BCUT2D eigenvalue weighted by Gasteiger charge is -2.02. The smallest absolute Gasteiger partial charge is 0.248 e. The molecule has 4 aromatic rings. The highest BCUT2D eigenvalue weighted by molar-refractivity contribution is 6.04. The number of aromatic amines is 1. The summed E-state index contributed by atoms with van der Waals surface area (Å²) in [5.74, 6) is 0. The average molecular weight is 274 g/mol. The number of H-pyrrole nitrogens is 1. The molecule has 0 fully saturated rings. The number of hydrogen-bond acceptors (Lipinski definition) is 2. The third-order valence-corrected chi connectivity index (χ3v) is 3.19. The van der Waals surface area contributed by atoms with Gasteiger partial charge in [0.15, 0.2) is 0 Å². The van der Waals surface area contributed by atoms with E-state index < -0.39 is 0 Å². The third-order valence-electron chi connectivity index (χ3n) is 3.19. The van der Waals surface area contributed by atoms with E-state index in [1.54, 1.807) is 18.5 Å². The highest BCUT2D eigenvalue weighted by Crippen LogP contribution is 2.21. The van der Waals surface area contributed by atoms with Gasteiger partial charge in [-0.05, 0) is 29.0 Å². The van der Waals surface area contributed by atoms with Gasteiger partial charge in [0.1, 0.15) is 0 Å². The SMILES string of the molecule is O=c1ccc2ccc3ccccc3c2[nH]1.c1ccncc1. The second-order valence-electron chi connectivity index (χ2n) is 4.60. The van der Waals surface area contributed by atoms with Crippen LogP contribution >= 0.6 is 0 Å². The Balaban J connectivity index is 0.000000186. The minimum Gasteiger partial charge on any atom is -0.321 e. The van der Waals surface area contributed by atoms with Crippen LogP contribution in [0.4, 0.5) is 0 Å². The number of nitrogens with one attached hydrogen (secondary N) is 1. The van der Waals surface area contributed by atoms with Crippen LogP contribution in [0.1, 0.15) is 0 Å². The van der Waals surface area contributed by atoms with Crippen molar-refractivity contribution in [3.05, 3.63) is 89.5 Å². The highest BCUT2D eigenvalue weighted by atomic mass is 16.1. The fourth-order valence-electron chi connectivity index (χ4n) is 2.21. The Morgan fingerprint density at radius 2 is 1.43 bits per heavy atom. The molecule has 0 saturated heterocycles. The second-order valence-corrected chi connectivity index (χ2v) is 4.60. The van der Waals surface area contributed by atoms with E-state index in [1.807, 2.05) is 54.6 Å². The Morgan fingerprint density at radius 3 is 2.14 bits per heavy atom. The van der Waals surface area contributed by atoms with Gasteiger partial charge in [-0.3, -0.25) is 9.78 Å². The van der Waals surface area contributed by atoms with Gasteiger partial charge in [0, 0.05) is 23.8 Å². The van der Waals surface area contributed by atoms with E-state index in [9.17, 15) is 4.79 Å². The second kappa shape index (κ2) is 6.01. The molecule has 0 amide bonds. The van der Waals surface area contributed by atoms with Crippen LogP contribution in [0.15, 0.2) is 83.9 Å². The van der Waals surface area contributed by atoms with Crippen LogP contribution in [-0.4, -0.2) is 9.97 Å². The number of nitrogens with zero attached hydrogens (tertiary/aromatic N) is 1. The summed E-state index contributed by atoms with van der Waals surface area (Å²) in [4.78, 5) is 17.9. The van der Waals surface area contributed by atoms with Crippen LogP contribution in [0.2, 0.25) is 0 Å². The van der Waals surface area contributed by atoms with E-state index in [4.69, 9.17) is 0 Å². The van der Waals surface area contributed by atoms with Gasteiger partial charge in [-0.2, -0.15) is 0 Å². The topological polar surface area (TPSA) is 45.8 Å². The quantitative estimate of drug-likeness (QED) is 0.496. The lowest BCUT2D eigenvalue weighted by Crippen LogP contribution is -2.02. The number of aromatic nitrogens is 2. The molecule has 0 aliphatic heterocycles. The van der Waals surface area contributed by atoms with Gasteiger partial charge in [-0.1, -0.05) is 42.5 Å². The molecular formula is C18H14N2O. The predicted octanol–water partition coefficient (Wildman–Crippen LogP) is 3.76. The maximum atomic E-state index is 11.3. The van der Waals surface area contributed by atoms with E-state index in [1.165, 1.54) is 0 Å². The molecule has 21 heavy (non-hydrogen) atoms. The van der Waals surface area contributed by atoms with Crippen LogP contribution in [-0.2, 0) is 0 Å². The summed E-state index contributed by atoms with van der Waals surface area (Å²) in [6.45, 7) is 0. The van der Waals surface area contributed by atoms with Gasteiger partial charge < -0.3 is 4.98 Å². The summed E-state index contributed by atoms with van der Waals surface area (Å²) >= 11 is 0. The van der Waals surface area contributed by atoms with Crippen LogP contribution < -0.4 is 5.56 Å². The van der Waals surface area contributed by atoms with Crippen molar-refractivity contribution in [2.75, 3.05) is 0 Å². The molecule has 102 valence electrons. The molecule has 2 aromatic carbocycles. The normalized spacial score (nSPS) is 10.1. The molecule has 0 aliphatic rings. The summed E-state index contributed by atoms with van der Waals surface area (Å²) in [5.41, 5.74) is 0.861. The minimum absolute atomic E-state index is 0.0566. The fourth-order valence-corrected chi connectivity index (χ4v) is 2.21. The van der Waals surface area contributed by atoms with E-state index in [0.717, 1.165) is 21.7 Å². The molecule has 0 bridgehead atoms. The number of hydrogen-bond donors (Lipinski definition) is 1. The Hall–Kier alpha value is -2.94. The zero-order valence-electron chi connectivity index (χ0n) is 11.4. The predicted molar refractivity (Wildman–Crippen MR) is 86.3 cm³/mol. The van der Waals surface area contributed by atoms with Crippen molar-refractivity contribution in [3.8, 4) is 0 Å². The average Bonchev–Trinajstić information content (AvgIpc) is 2.57. The largest absolute Gasteiger partial charge is 0.321 e. The summed E-state index contributed by atoms with van der Waals surface area (Å²) in [6.07, 6.45) is 3.50. The molecule has 0 atom stereocenters. The zero-order valence-corrected chi connectivity index (χ0v) is 11.4. The van der Waals surface area contributed by atoms with Crippen molar-refractivity contribution >= 4 is 21.7 Å². The van der Waals surface area contributed by atoms with Gasteiger partial charge in [0.05, 0.1) is 5.52 Å². The molecule has 0 unspecified atom stereocenters. The Labute approximate surface area is 121 Å². The first kappa shape index (κ1) is 13.1. The summed E-state index contributed by atoms with van der Waals surface area (Å²) < 4.78 is 0. The molecule has 1 N–H and O–H groups in total. The van der Waals surface area contributed by atoms with Gasteiger partial charge in [0.25, 0.3) is 0 Å². The van der Waals surface area contributed by atoms with E-state index in [-0.39, 0.29) is 5.56 Å². The third kappa shape index (κ3) is 2.98. The molecule has 2 aromatic heterocycles. The lowest BCUT2D eigenvalue weighted by atomic mass is 10.1. The van der Waals surface area contributed by atoms with Crippen molar-refractivity contribution in [2.45, 2.75) is 0 Å². The van der Waals surface area contributed by atoms with Crippen LogP contribution in [0, 0.1) is 0 Å². The van der Waals surface area contributed by atoms with Crippen molar-refractivity contribution in [1.82, 2.24) is 9.97 Å². The monoisotopic (exact) mass is 274 g/mol. The lowest BCUT2D eigenvalue weighted by molar-refractivity contribution is 1.32. The molecule has 0 aliphatic carbocycles. The molecule has 3 heteroatoms. The van der Waals surface area contributed by atoms with E-state index in [2.05, 4.69) is 16.0 Å². The first-order chi connectivity index (χ1) is 10.3. The van der Waals surface area contributed by atoms with Crippen LogP contribution in [0.25, 0.3) is 21.7 Å². The van der Waals surface area contributed by atoms with Gasteiger partial charge >= 0.3 is 0 Å². The summed E-state index contributed by atoms with van der Waals surface area (Å²) in [6, 6.07) is 21.2. The first-order valence-electron chi connectivity index (χ1n) is 6.70. The number of benzene rings is 2. The molecule has 4 rings (SSSR count). The molecule has 3 nitrogen and oxygen atoms in total. The maximum Gasteiger partial charge on any atom is 0.248 e. The van der Waals surface area contributed by atoms with Crippen molar-refractivity contribution < 1.29 is 0 Å². The number of rotatable bonds is 0. The molecule has 0 radical (unpaired) electrons. The molecule has 2 heterocycles. The van der Waals surface area contributed by atoms with Gasteiger partial charge in [-0.15, -0.1) is 0 Å². The van der Waals surface area contributed by atoms with Gasteiger partial charge in [0.2, 0.25) is 5.56 Å². The summed E-state index contributed by atoms with van der Waals surface area (Å²) in [5, 5.41) is 3.30. The fraction of sp³-hybridized carbons (Fsp3) is 0. The van der Waals surface area contributed by atoms with E-state index >= 15 is 0 Å². The summed E-state index contributed by atoms with van der Waals surface area (Å²) in [7, 11) is 0. The minimum atomic E-state index is -0.0566. The highest BCUT2D eigenvalue weighted by Gasteiger charge is 1.99. The van der Waals surface area contributed by atoms with Crippen molar-refractivity contribution in [2.24, 2.45) is 0 Å². The van der Waals surface area contributed by atoms with Crippen molar-refractivity contribution in [1.29, 1.82) is 0 Å². The Morgan fingerprint density at radius 1 is 0.714 bits per heavy atom. The van der Waals surface area contributed by atoms with Gasteiger partial charge in [-0.25, -0.2) is 0 Å².